The number of hydrogen-bond donors (Lipinski definition) is 1. The summed E-state index contributed by atoms with van der Waals surface area (Å²) in [6.45, 7) is 5.74. The van der Waals surface area contributed by atoms with E-state index in [9.17, 15) is 4.79 Å². The number of hydrogen-bond acceptors (Lipinski definition) is 4. The monoisotopic (exact) mass is 332 g/mol. The molecule has 0 spiro atoms. The number of halogens is 1. The van der Waals surface area contributed by atoms with Crippen LogP contribution in [0, 0.1) is 11.3 Å². The predicted octanol–water partition coefficient (Wildman–Crippen LogP) is 2.40. The molecule has 0 radical (unpaired) electrons. The predicted molar refractivity (Wildman–Crippen MR) is 92.2 cm³/mol. The lowest BCUT2D eigenvalue weighted by atomic mass is 10.2. The summed E-state index contributed by atoms with van der Waals surface area (Å²) in [5.41, 5.74) is 1.26. The van der Waals surface area contributed by atoms with E-state index in [1.807, 2.05) is 42.2 Å². The molecule has 0 aliphatic carbocycles. The summed E-state index contributed by atoms with van der Waals surface area (Å²) in [5, 5.41) is 12.6. The van der Waals surface area contributed by atoms with E-state index < -0.39 is 0 Å². The summed E-state index contributed by atoms with van der Waals surface area (Å²) in [7, 11) is 0. The SMILES string of the molecule is CCCNC(=O)/C(C#N)=C\N1CCN(c2cccc(Cl)c2)CC1. The molecule has 1 saturated heterocycles. The van der Waals surface area contributed by atoms with E-state index in [4.69, 9.17) is 16.9 Å². The highest BCUT2D eigenvalue weighted by molar-refractivity contribution is 6.30. The number of nitrogens with zero attached hydrogens (tertiary/aromatic N) is 3. The largest absolute Gasteiger partial charge is 0.373 e. The summed E-state index contributed by atoms with van der Waals surface area (Å²) in [4.78, 5) is 16.1. The Morgan fingerprint density at radius 3 is 2.74 bits per heavy atom. The fourth-order valence-electron chi connectivity index (χ4n) is 2.44. The van der Waals surface area contributed by atoms with Crippen molar-refractivity contribution in [2.45, 2.75) is 13.3 Å². The van der Waals surface area contributed by atoms with Crippen LogP contribution in [0.2, 0.25) is 5.02 Å². The number of carbonyl (C=O) groups is 1. The van der Waals surface area contributed by atoms with Crippen molar-refractivity contribution >= 4 is 23.2 Å². The van der Waals surface area contributed by atoms with E-state index in [0.717, 1.165) is 43.3 Å². The Bertz CT molecular complexity index is 615. The number of piperazine rings is 1. The van der Waals surface area contributed by atoms with Gasteiger partial charge in [0.1, 0.15) is 11.6 Å². The van der Waals surface area contributed by atoms with Gasteiger partial charge in [0, 0.05) is 49.6 Å². The lowest BCUT2D eigenvalue weighted by molar-refractivity contribution is -0.117. The van der Waals surface area contributed by atoms with Gasteiger partial charge in [-0.3, -0.25) is 4.79 Å². The van der Waals surface area contributed by atoms with Crippen molar-refractivity contribution in [2.75, 3.05) is 37.6 Å². The average molecular weight is 333 g/mol. The summed E-state index contributed by atoms with van der Waals surface area (Å²) < 4.78 is 0. The molecule has 1 amide bonds. The van der Waals surface area contributed by atoms with Gasteiger partial charge >= 0.3 is 0 Å². The third-order valence-electron chi connectivity index (χ3n) is 3.70. The zero-order valence-electron chi connectivity index (χ0n) is 13.3. The van der Waals surface area contributed by atoms with E-state index in [1.54, 1.807) is 6.20 Å². The molecule has 0 aromatic heterocycles. The minimum Gasteiger partial charge on any atom is -0.373 e. The van der Waals surface area contributed by atoms with Crippen LogP contribution in [0.25, 0.3) is 0 Å². The van der Waals surface area contributed by atoms with Crippen LogP contribution in [0.3, 0.4) is 0 Å². The Kier molecular flexibility index (Phi) is 6.30. The van der Waals surface area contributed by atoms with E-state index in [0.29, 0.717) is 6.54 Å². The zero-order valence-corrected chi connectivity index (χ0v) is 14.0. The Hall–Kier alpha value is -2.19. The minimum atomic E-state index is -0.299. The fourth-order valence-corrected chi connectivity index (χ4v) is 2.62. The second kappa shape index (κ2) is 8.44. The van der Waals surface area contributed by atoms with Crippen LogP contribution < -0.4 is 10.2 Å². The molecule has 1 aliphatic rings. The lowest BCUT2D eigenvalue weighted by Crippen LogP contribution is -2.44. The molecule has 1 fully saturated rings. The molecule has 0 atom stereocenters. The van der Waals surface area contributed by atoms with Crippen LogP contribution in [0.4, 0.5) is 5.69 Å². The van der Waals surface area contributed by atoms with Gasteiger partial charge in [0.15, 0.2) is 0 Å². The Balaban J connectivity index is 1.94. The van der Waals surface area contributed by atoms with Crippen molar-refractivity contribution in [1.82, 2.24) is 10.2 Å². The van der Waals surface area contributed by atoms with Crippen molar-refractivity contribution in [2.24, 2.45) is 0 Å². The van der Waals surface area contributed by atoms with Gasteiger partial charge < -0.3 is 15.1 Å². The molecule has 122 valence electrons. The Morgan fingerprint density at radius 2 is 2.13 bits per heavy atom. The molecule has 6 heteroatoms. The smallest absolute Gasteiger partial charge is 0.263 e. The Labute approximate surface area is 142 Å². The van der Waals surface area contributed by atoms with Gasteiger partial charge in [-0.15, -0.1) is 0 Å². The van der Waals surface area contributed by atoms with Crippen LogP contribution in [0.5, 0.6) is 0 Å². The first-order valence-electron chi connectivity index (χ1n) is 7.78. The van der Waals surface area contributed by atoms with Gasteiger partial charge in [-0.2, -0.15) is 5.26 Å². The van der Waals surface area contributed by atoms with E-state index in [-0.39, 0.29) is 11.5 Å². The van der Waals surface area contributed by atoms with Crippen LogP contribution in [0.1, 0.15) is 13.3 Å². The van der Waals surface area contributed by atoms with E-state index in [1.165, 1.54) is 0 Å². The maximum Gasteiger partial charge on any atom is 0.263 e. The van der Waals surface area contributed by atoms with Gasteiger partial charge in [0.05, 0.1) is 0 Å². The molecule has 0 bridgehead atoms. The van der Waals surface area contributed by atoms with Crippen LogP contribution >= 0.6 is 11.6 Å². The van der Waals surface area contributed by atoms with Gasteiger partial charge in [-0.25, -0.2) is 0 Å². The summed E-state index contributed by atoms with van der Waals surface area (Å²) in [5.74, 6) is -0.299. The van der Waals surface area contributed by atoms with Crippen molar-refractivity contribution in [3.8, 4) is 6.07 Å². The van der Waals surface area contributed by atoms with E-state index in [2.05, 4.69) is 10.2 Å². The quantitative estimate of drug-likeness (QED) is 0.664. The number of carbonyl (C=O) groups excluding carboxylic acids is 1. The minimum absolute atomic E-state index is 0.162. The highest BCUT2D eigenvalue weighted by Crippen LogP contribution is 2.20. The molecule has 5 nitrogen and oxygen atoms in total. The highest BCUT2D eigenvalue weighted by atomic mass is 35.5. The highest BCUT2D eigenvalue weighted by Gasteiger charge is 2.17. The lowest BCUT2D eigenvalue weighted by Gasteiger charge is -2.35. The van der Waals surface area contributed by atoms with Gasteiger partial charge in [0.25, 0.3) is 5.91 Å². The zero-order chi connectivity index (χ0) is 16.7. The van der Waals surface area contributed by atoms with Crippen molar-refractivity contribution in [3.63, 3.8) is 0 Å². The fraction of sp³-hybridized carbons (Fsp3) is 0.412. The van der Waals surface area contributed by atoms with Crippen LogP contribution in [-0.2, 0) is 4.79 Å². The molecule has 1 heterocycles. The molecular weight excluding hydrogens is 312 g/mol. The molecule has 1 aliphatic heterocycles. The molecular formula is C17H21ClN4O. The van der Waals surface area contributed by atoms with Crippen LogP contribution in [0.15, 0.2) is 36.0 Å². The summed E-state index contributed by atoms with van der Waals surface area (Å²) in [6, 6.07) is 9.77. The number of anilines is 1. The molecule has 2 rings (SSSR count). The Morgan fingerprint density at radius 1 is 1.39 bits per heavy atom. The maximum atomic E-state index is 11.9. The van der Waals surface area contributed by atoms with Crippen molar-refractivity contribution in [1.29, 1.82) is 5.26 Å². The van der Waals surface area contributed by atoms with Crippen molar-refractivity contribution < 1.29 is 4.79 Å². The number of nitrogens with one attached hydrogen (secondary N) is 1. The topological polar surface area (TPSA) is 59.4 Å². The maximum absolute atomic E-state index is 11.9. The molecule has 1 aromatic carbocycles. The standard InChI is InChI=1S/C17H21ClN4O/c1-2-6-20-17(23)14(12-19)13-21-7-9-22(10-8-21)16-5-3-4-15(18)11-16/h3-5,11,13H,2,6-10H2,1H3,(H,20,23)/b14-13-. The second-order valence-electron chi connectivity index (χ2n) is 5.41. The summed E-state index contributed by atoms with van der Waals surface area (Å²) in [6.07, 6.45) is 2.52. The number of benzene rings is 1. The summed E-state index contributed by atoms with van der Waals surface area (Å²) >= 11 is 6.03. The van der Waals surface area contributed by atoms with Gasteiger partial charge in [0.2, 0.25) is 0 Å². The third kappa shape index (κ3) is 4.90. The van der Waals surface area contributed by atoms with Gasteiger partial charge in [-0.05, 0) is 24.6 Å². The first-order valence-corrected chi connectivity index (χ1v) is 8.16. The molecule has 1 N–H and O–H groups in total. The molecule has 23 heavy (non-hydrogen) atoms. The van der Waals surface area contributed by atoms with E-state index >= 15 is 0 Å². The second-order valence-corrected chi connectivity index (χ2v) is 5.85. The van der Waals surface area contributed by atoms with Gasteiger partial charge in [-0.1, -0.05) is 24.6 Å². The number of amides is 1. The third-order valence-corrected chi connectivity index (χ3v) is 3.94. The molecule has 0 saturated carbocycles. The number of nitriles is 1. The molecule has 1 aromatic rings. The van der Waals surface area contributed by atoms with Crippen molar-refractivity contribution in [3.05, 3.63) is 41.1 Å². The normalized spacial score (nSPS) is 15.3. The first kappa shape index (κ1) is 17.2. The van der Waals surface area contributed by atoms with Crippen LogP contribution in [-0.4, -0.2) is 43.5 Å². The average Bonchev–Trinajstić information content (AvgIpc) is 2.58. The first-order chi connectivity index (χ1) is 11.1. The molecule has 0 unspecified atom stereocenters. The number of rotatable bonds is 5.